The Morgan fingerprint density at radius 1 is 1.08 bits per heavy atom. The van der Waals surface area contributed by atoms with Gasteiger partial charge in [-0.15, -0.1) is 0 Å². The first kappa shape index (κ1) is 30.7. The normalized spacial score (nSPS) is 13.5. The fraction of sp³-hybridized carbons (Fsp3) is 0.433. The van der Waals surface area contributed by atoms with Crippen LogP contribution in [0.5, 0.6) is 0 Å². The lowest BCUT2D eigenvalue weighted by Gasteiger charge is -2.33. The molecule has 38 heavy (non-hydrogen) atoms. The van der Waals surface area contributed by atoms with E-state index in [1.54, 1.807) is 39.0 Å². The van der Waals surface area contributed by atoms with Crippen molar-refractivity contribution in [2.75, 3.05) is 5.32 Å². The largest absolute Gasteiger partial charge is 0.444 e. The van der Waals surface area contributed by atoms with Gasteiger partial charge in [0, 0.05) is 6.04 Å². The first-order chi connectivity index (χ1) is 17.7. The molecule has 0 bridgehead atoms. The number of amides is 3. The predicted octanol–water partition coefficient (Wildman–Crippen LogP) is 6.30. The van der Waals surface area contributed by atoms with Gasteiger partial charge in [-0.25, -0.2) is 4.79 Å². The molecule has 2 aromatic rings. The van der Waals surface area contributed by atoms with E-state index in [0.717, 1.165) is 21.6 Å². The first-order valence-electron chi connectivity index (χ1n) is 12.6. The van der Waals surface area contributed by atoms with Gasteiger partial charge in [0.1, 0.15) is 17.7 Å². The minimum absolute atomic E-state index is 0.293. The molecule has 8 heteroatoms. The average molecular weight is 540 g/mol. The summed E-state index contributed by atoms with van der Waals surface area (Å²) >= 11 is 6.38. The van der Waals surface area contributed by atoms with Gasteiger partial charge in [-0.05, 0) is 75.8 Å². The number of para-hydroxylation sites is 1. The lowest BCUT2D eigenvalue weighted by Crippen LogP contribution is -2.53. The number of aryl methyl sites for hydroxylation is 2. The molecule has 2 aromatic carbocycles. The van der Waals surface area contributed by atoms with E-state index >= 15 is 0 Å². The van der Waals surface area contributed by atoms with Crippen LogP contribution in [0.4, 0.5) is 10.5 Å². The molecule has 0 aliphatic rings. The Morgan fingerprint density at radius 2 is 1.68 bits per heavy atom. The topological polar surface area (TPSA) is 87.7 Å². The summed E-state index contributed by atoms with van der Waals surface area (Å²) in [6, 6.07) is 11.0. The molecule has 0 saturated heterocycles. The number of terminal acetylenes is 1. The quantitative estimate of drug-likeness (QED) is 0.304. The van der Waals surface area contributed by atoms with Gasteiger partial charge >= 0.3 is 6.09 Å². The molecule has 2 N–H and O–H groups in total. The van der Waals surface area contributed by atoms with Crippen LogP contribution in [0.1, 0.15) is 69.3 Å². The van der Waals surface area contributed by atoms with Gasteiger partial charge in [-0.2, -0.15) is 0 Å². The Morgan fingerprint density at radius 3 is 2.24 bits per heavy atom. The van der Waals surface area contributed by atoms with Gasteiger partial charge in [0.2, 0.25) is 0 Å². The number of nitrogens with one attached hydrogen (secondary N) is 2. The molecule has 0 spiro atoms. The van der Waals surface area contributed by atoms with Crippen molar-refractivity contribution in [2.45, 2.75) is 79.5 Å². The zero-order chi connectivity index (χ0) is 28.8. The number of benzene rings is 2. The fourth-order valence-corrected chi connectivity index (χ4v) is 4.25. The van der Waals surface area contributed by atoms with Gasteiger partial charge < -0.3 is 15.4 Å². The lowest BCUT2D eigenvalue weighted by atomic mass is 9.93. The van der Waals surface area contributed by atoms with Crippen molar-refractivity contribution >= 4 is 35.2 Å². The van der Waals surface area contributed by atoms with E-state index in [1.807, 2.05) is 52.8 Å². The van der Waals surface area contributed by atoms with Gasteiger partial charge in [0.15, 0.2) is 0 Å². The van der Waals surface area contributed by atoms with E-state index in [-0.39, 0.29) is 5.92 Å². The van der Waals surface area contributed by atoms with Gasteiger partial charge in [-0.1, -0.05) is 68.6 Å². The summed E-state index contributed by atoms with van der Waals surface area (Å²) in [5.74, 6) is -1.41. The van der Waals surface area contributed by atoms with Crippen LogP contribution in [-0.2, 0) is 14.3 Å². The summed E-state index contributed by atoms with van der Waals surface area (Å²) in [5, 5.41) is 5.91. The molecular formula is C30H38ClN3O4. The summed E-state index contributed by atoms with van der Waals surface area (Å²) in [4.78, 5) is 41.6. The van der Waals surface area contributed by atoms with Gasteiger partial charge in [-0.3, -0.25) is 14.5 Å². The number of carbonyl (C=O) groups excluding carboxylic acids is 3. The summed E-state index contributed by atoms with van der Waals surface area (Å²) in [6.45, 7) is 14.5. The van der Waals surface area contributed by atoms with Crippen LogP contribution >= 0.6 is 11.6 Å². The number of nitrogens with zero attached hydrogens (tertiary/aromatic N) is 1. The standard InChI is InChI=1S/C30H38ClN3O4/c1-10-18(3)25(33-29(37)38-30(7,8)9)28(36)34(11-2)26(22-16-12-14-19(4)21(22)6)27(35)32-24-20(5)15-13-17-23(24)31/h2,12-18,25-26H,10H2,1,3-9H3,(H,32,35)(H,33,37). The van der Waals surface area contributed by atoms with Crippen molar-refractivity contribution in [3.05, 3.63) is 63.7 Å². The number of anilines is 1. The highest BCUT2D eigenvalue weighted by atomic mass is 35.5. The van der Waals surface area contributed by atoms with Crippen molar-refractivity contribution in [1.29, 1.82) is 0 Å². The second kappa shape index (κ2) is 12.8. The highest BCUT2D eigenvalue weighted by Gasteiger charge is 2.38. The maximum atomic E-state index is 14.0. The highest BCUT2D eigenvalue weighted by molar-refractivity contribution is 6.34. The molecule has 0 saturated carbocycles. The number of rotatable bonds is 8. The third-order valence-electron chi connectivity index (χ3n) is 6.45. The number of hydrogen-bond donors (Lipinski definition) is 2. The highest BCUT2D eigenvalue weighted by Crippen LogP contribution is 2.31. The molecule has 0 aliphatic heterocycles. The number of carbonyl (C=O) groups is 3. The summed E-state index contributed by atoms with van der Waals surface area (Å²) < 4.78 is 5.39. The van der Waals surface area contributed by atoms with Crippen molar-refractivity contribution in [3.63, 3.8) is 0 Å². The molecule has 7 nitrogen and oxygen atoms in total. The van der Waals surface area contributed by atoms with Crippen molar-refractivity contribution < 1.29 is 19.1 Å². The molecule has 3 atom stereocenters. The van der Waals surface area contributed by atoms with Crippen LogP contribution in [0.25, 0.3) is 0 Å². The molecule has 204 valence electrons. The van der Waals surface area contributed by atoms with Crippen LogP contribution in [0, 0.1) is 39.2 Å². The second-order valence-corrected chi connectivity index (χ2v) is 10.9. The SMILES string of the molecule is C#CN(C(=O)C(NC(=O)OC(C)(C)C)C(C)CC)C(C(=O)Nc1c(C)cccc1Cl)c1cccc(C)c1C. The van der Waals surface area contributed by atoms with Crippen LogP contribution in [0.3, 0.4) is 0 Å². The minimum atomic E-state index is -1.19. The molecule has 0 heterocycles. The van der Waals surface area contributed by atoms with E-state index in [1.165, 1.54) is 0 Å². The Balaban J connectivity index is 2.59. The summed E-state index contributed by atoms with van der Waals surface area (Å²) in [7, 11) is 0. The van der Waals surface area contributed by atoms with Crippen molar-refractivity contribution in [1.82, 2.24) is 10.2 Å². The Labute approximate surface area is 231 Å². The number of ether oxygens (including phenoxy) is 1. The molecule has 0 fully saturated rings. The Hall–Kier alpha value is -3.50. The maximum absolute atomic E-state index is 14.0. The van der Waals surface area contributed by atoms with Crippen LogP contribution < -0.4 is 10.6 Å². The van der Waals surface area contributed by atoms with Gasteiger partial charge in [0.25, 0.3) is 11.8 Å². The fourth-order valence-electron chi connectivity index (χ4n) is 3.98. The summed E-state index contributed by atoms with van der Waals surface area (Å²) in [6.07, 6.45) is 5.74. The molecule has 0 aromatic heterocycles. The van der Waals surface area contributed by atoms with E-state index in [0.29, 0.717) is 22.7 Å². The van der Waals surface area contributed by atoms with E-state index in [9.17, 15) is 14.4 Å². The Kier molecular flexibility index (Phi) is 10.4. The van der Waals surface area contributed by atoms with Crippen LogP contribution in [0.15, 0.2) is 36.4 Å². The first-order valence-corrected chi connectivity index (χ1v) is 13.0. The summed E-state index contributed by atoms with van der Waals surface area (Å²) in [5.41, 5.74) is 2.75. The minimum Gasteiger partial charge on any atom is -0.444 e. The number of alkyl carbamates (subject to hydrolysis) is 1. The zero-order valence-corrected chi connectivity index (χ0v) is 24.2. The molecule has 2 rings (SSSR count). The Bertz CT molecular complexity index is 1210. The van der Waals surface area contributed by atoms with E-state index in [4.69, 9.17) is 22.8 Å². The molecule has 0 radical (unpaired) electrons. The van der Waals surface area contributed by atoms with Crippen LogP contribution in [-0.4, -0.2) is 34.5 Å². The van der Waals surface area contributed by atoms with Crippen molar-refractivity contribution in [3.8, 4) is 12.5 Å². The predicted molar refractivity (Wildman–Crippen MR) is 152 cm³/mol. The lowest BCUT2D eigenvalue weighted by molar-refractivity contribution is -0.137. The molecule has 3 amide bonds. The number of hydrogen-bond acceptors (Lipinski definition) is 4. The van der Waals surface area contributed by atoms with E-state index < -0.39 is 35.6 Å². The molecule has 3 unspecified atom stereocenters. The molecule has 0 aliphatic carbocycles. The third kappa shape index (κ3) is 7.52. The van der Waals surface area contributed by atoms with E-state index in [2.05, 4.69) is 16.7 Å². The van der Waals surface area contributed by atoms with Crippen LogP contribution in [0.2, 0.25) is 5.02 Å². The van der Waals surface area contributed by atoms with Crippen molar-refractivity contribution in [2.24, 2.45) is 5.92 Å². The smallest absolute Gasteiger partial charge is 0.408 e. The maximum Gasteiger partial charge on any atom is 0.408 e. The van der Waals surface area contributed by atoms with Gasteiger partial charge in [0.05, 0.1) is 10.7 Å². The molecular weight excluding hydrogens is 502 g/mol. The average Bonchev–Trinajstić information content (AvgIpc) is 2.83. The monoisotopic (exact) mass is 539 g/mol. The number of halogens is 1. The second-order valence-electron chi connectivity index (χ2n) is 10.5. The third-order valence-corrected chi connectivity index (χ3v) is 6.76. The zero-order valence-electron chi connectivity index (χ0n) is 23.4.